The van der Waals surface area contributed by atoms with Crippen LogP contribution in [0.2, 0.25) is 0 Å². The molecule has 3 aromatic rings. The SMILES string of the molecule is Cn1ccnc1[C@H](NS(=O)(=O)c1ccccc1F)c1ccccc1F. The first-order valence-electron chi connectivity index (χ1n) is 7.38. The Kier molecular flexibility index (Phi) is 4.65. The van der Waals surface area contributed by atoms with Gasteiger partial charge in [-0.2, -0.15) is 4.72 Å². The number of imidazole rings is 1. The van der Waals surface area contributed by atoms with Gasteiger partial charge < -0.3 is 4.57 Å². The fourth-order valence-electron chi connectivity index (χ4n) is 2.50. The summed E-state index contributed by atoms with van der Waals surface area (Å²) >= 11 is 0. The van der Waals surface area contributed by atoms with Gasteiger partial charge in [0.1, 0.15) is 28.4 Å². The molecular formula is C17H15F2N3O2S. The second kappa shape index (κ2) is 6.73. The highest BCUT2D eigenvalue weighted by Crippen LogP contribution is 2.26. The molecule has 0 bridgehead atoms. The first-order valence-corrected chi connectivity index (χ1v) is 8.87. The molecule has 0 aliphatic heterocycles. The third kappa shape index (κ3) is 3.45. The van der Waals surface area contributed by atoms with Crippen LogP contribution in [0.5, 0.6) is 0 Å². The molecule has 0 amide bonds. The molecule has 0 spiro atoms. The number of aromatic nitrogens is 2. The number of benzene rings is 2. The number of sulfonamides is 1. The van der Waals surface area contributed by atoms with Gasteiger partial charge >= 0.3 is 0 Å². The highest BCUT2D eigenvalue weighted by molar-refractivity contribution is 7.89. The molecule has 2 aromatic carbocycles. The zero-order chi connectivity index (χ0) is 18.0. The normalized spacial score (nSPS) is 12.9. The Morgan fingerprint density at radius 3 is 2.28 bits per heavy atom. The average molecular weight is 363 g/mol. The van der Waals surface area contributed by atoms with Gasteiger partial charge in [0.15, 0.2) is 0 Å². The van der Waals surface area contributed by atoms with E-state index in [-0.39, 0.29) is 11.4 Å². The minimum atomic E-state index is -4.24. The van der Waals surface area contributed by atoms with Crippen LogP contribution in [-0.2, 0) is 17.1 Å². The quantitative estimate of drug-likeness (QED) is 0.758. The van der Waals surface area contributed by atoms with Gasteiger partial charge in [0, 0.05) is 25.0 Å². The summed E-state index contributed by atoms with van der Waals surface area (Å²) in [6.07, 6.45) is 3.08. The Balaban J connectivity index is 2.09. The van der Waals surface area contributed by atoms with E-state index < -0.39 is 32.6 Å². The molecule has 0 saturated heterocycles. The van der Waals surface area contributed by atoms with E-state index >= 15 is 0 Å². The molecule has 1 N–H and O–H groups in total. The van der Waals surface area contributed by atoms with Crippen molar-refractivity contribution in [1.29, 1.82) is 0 Å². The van der Waals surface area contributed by atoms with Crippen molar-refractivity contribution in [3.8, 4) is 0 Å². The van der Waals surface area contributed by atoms with Crippen LogP contribution in [0.25, 0.3) is 0 Å². The fourth-order valence-corrected chi connectivity index (χ4v) is 3.75. The van der Waals surface area contributed by atoms with Crippen molar-refractivity contribution >= 4 is 10.0 Å². The van der Waals surface area contributed by atoms with Crippen LogP contribution < -0.4 is 4.72 Å². The number of nitrogens with one attached hydrogen (secondary N) is 1. The predicted molar refractivity (Wildman–Crippen MR) is 88.2 cm³/mol. The summed E-state index contributed by atoms with van der Waals surface area (Å²) in [4.78, 5) is 3.60. The van der Waals surface area contributed by atoms with Crippen molar-refractivity contribution in [3.63, 3.8) is 0 Å². The molecule has 1 heterocycles. The van der Waals surface area contributed by atoms with Gasteiger partial charge in [-0.25, -0.2) is 22.2 Å². The maximum absolute atomic E-state index is 14.3. The minimum absolute atomic E-state index is 0.0942. The fraction of sp³-hybridized carbons (Fsp3) is 0.118. The second-order valence-corrected chi connectivity index (χ2v) is 7.08. The lowest BCUT2D eigenvalue weighted by atomic mass is 10.1. The van der Waals surface area contributed by atoms with E-state index in [1.165, 1.54) is 36.5 Å². The first kappa shape index (κ1) is 17.2. The average Bonchev–Trinajstić information content (AvgIpc) is 2.99. The van der Waals surface area contributed by atoms with Crippen molar-refractivity contribution in [2.45, 2.75) is 10.9 Å². The predicted octanol–water partition coefficient (Wildman–Crippen LogP) is 2.77. The maximum atomic E-state index is 14.3. The Morgan fingerprint density at radius 2 is 1.68 bits per heavy atom. The van der Waals surface area contributed by atoms with E-state index in [1.807, 2.05) is 0 Å². The van der Waals surface area contributed by atoms with Crippen molar-refractivity contribution < 1.29 is 17.2 Å². The topological polar surface area (TPSA) is 64.0 Å². The monoisotopic (exact) mass is 363 g/mol. The molecule has 130 valence electrons. The molecule has 0 radical (unpaired) electrons. The van der Waals surface area contributed by atoms with Crippen LogP contribution in [-0.4, -0.2) is 18.0 Å². The third-order valence-electron chi connectivity index (χ3n) is 3.73. The van der Waals surface area contributed by atoms with Crippen molar-refractivity contribution in [2.24, 2.45) is 7.05 Å². The molecule has 0 aliphatic carbocycles. The number of rotatable bonds is 5. The summed E-state index contributed by atoms with van der Waals surface area (Å²) in [5.41, 5.74) is 0.0942. The molecule has 0 unspecified atom stereocenters. The zero-order valence-corrected chi connectivity index (χ0v) is 14.0. The van der Waals surface area contributed by atoms with Gasteiger partial charge in [-0.1, -0.05) is 30.3 Å². The van der Waals surface area contributed by atoms with E-state index in [0.717, 1.165) is 12.1 Å². The molecule has 1 aromatic heterocycles. The molecular weight excluding hydrogens is 348 g/mol. The molecule has 0 fully saturated rings. The molecule has 3 rings (SSSR count). The van der Waals surface area contributed by atoms with E-state index in [2.05, 4.69) is 9.71 Å². The molecule has 0 aliphatic rings. The number of hydrogen-bond donors (Lipinski definition) is 1. The number of aryl methyl sites for hydroxylation is 1. The van der Waals surface area contributed by atoms with Crippen LogP contribution in [0.15, 0.2) is 65.8 Å². The van der Waals surface area contributed by atoms with Crippen molar-refractivity contribution in [2.75, 3.05) is 0 Å². The Hall–Kier alpha value is -2.58. The van der Waals surface area contributed by atoms with Crippen LogP contribution in [0.1, 0.15) is 17.4 Å². The number of halogens is 2. The highest BCUT2D eigenvalue weighted by Gasteiger charge is 2.29. The minimum Gasteiger partial charge on any atom is -0.336 e. The molecule has 5 nitrogen and oxygen atoms in total. The van der Waals surface area contributed by atoms with E-state index in [1.54, 1.807) is 23.9 Å². The standard InChI is InChI=1S/C17H15F2N3O2S/c1-22-11-10-20-17(22)16(12-6-2-3-7-13(12)18)21-25(23,24)15-9-5-4-8-14(15)19/h2-11,16,21H,1H3/t16-/m1/s1. The van der Waals surface area contributed by atoms with Crippen LogP contribution in [0, 0.1) is 11.6 Å². The molecule has 1 atom stereocenters. The lowest BCUT2D eigenvalue weighted by Crippen LogP contribution is -2.32. The van der Waals surface area contributed by atoms with Crippen LogP contribution >= 0.6 is 0 Å². The third-order valence-corrected chi connectivity index (χ3v) is 5.19. The summed E-state index contributed by atoms with van der Waals surface area (Å²) in [6, 6.07) is 9.66. The van der Waals surface area contributed by atoms with Gasteiger partial charge in [-0.05, 0) is 18.2 Å². The lowest BCUT2D eigenvalue weighted by molar-refractivity contribution is 0.534. The second-order valence-electron chi connectivity index (χ2n) is 5.40. The summed E-state index contributed by atoms with van der Waals surface area (Å²) in [5, 5.41) is 0. The Bertz CT molecular complexity index is 1000. The van der Waals surface area contributed by atoms with Gasteiger partial charge in [0.2, 0.25) is 10.0 Å². The largest absolute Gasteiger partial charge is 0.336 e. The highest BCUT2D eigenvalue weighted by atomic mass is 32.2. The Labute approximate surface area is 144 Å². The van der Waals surface area contributed by atoms with Crippen molar-refractivity contribution in [3.05, 3.63) is 83.9 Å². The van der Waals surface area contributed by atoms with E-state index in [4.69, 9.17) is 0 Å². The smallest absolute Gasteiger partial charge is 0.244 e. The molecule has 25 heavy (non-hydrogen) atoms. The zero-order valence-electron chi connectivity index (χ0n) is 13.2. The van der Waals surface area contributed by atoms with Gasteiger partial charge in [0.25, 0.3) is 0 Å². The van der Waals surface area contributed by atoms with Gasteiger partial charge in [-0.15, -0.1) is 0 Å². The number of nitrogens with zero attached hydrogens (tertiary/aromatic N) is 2. The summed E-state index contributed by atoms with van der Waals surface area (Å²) < 4.78 is 57.4. The van der Waals surface area contributed by atoms with Gasteiger partial charge in [0.05, 0.1) is 0 Å². The van der Waals surface area contributed by atoms with E-state index in [9.17, 15) is 17.2 Å². The van der Waals surface area contributed by atoms with Gasteiger partial charge in [-0.3, -0.25) is 0 Å². The summed E-state index contributed by atoms with van der Waals surface area (Å²) in [7, 11) is -2.58. The van der Waals surface area contributed by atoms with Crippen molar-refractivity contribution in [1.82, 2.24) is 14.3 Å². The first-order chi connectivity index (χ1) is 11.9. The van der Waals surface area contributed by atoms with E-state index in [0.29, 0.717) is 0 Å². The summed E-state index contributed by atoms with van der Waals surface area (Å²) in [6.45, 7) is 0. The molecule has 0 saturated carbocycles. The maximum Gasteiger partial charge on any atom is 0.244 e. The van der Waals surface area contributed by atoms with Crippen LogP contribution in [0.3, 0.4) is 0 Å². The Morgan fingerprint density at radius 1 is 1.04 bits per heavy atom. The number of hydrogen-bond acceptors (Lipinski definition) is 3. The lowest BCUT2D eigenvalue weighted by Gasteiger charge is -2.20. The van der Waals surface area contributed by atoms with Crippen LogP contribution in [0.4, 0.5) is 8.78 Å². The molecule has 8 heteroatoms. The summed E-state index contributed by atoms with van der Waals surface area (Å²) in [5.74, 6) is -1.20.